The highest BCUT2D eigenvalue weighted by Crippen LogP contribution is 2.22. The van der Waals surface area contributed by atoms with E-state index in [4.69, 9.17) is 5.26 Å². The molecule has 0 aliphatic heterocycles. The van der Waals surface area contributed by atoms with Gasteiger partial charge < -0.3 is 5.32 Å². The Kier molecular flexibility index (Phi) is 6.47. The lowest BCUT2D eigenvalue weighted by atomic mass is 9.89. The van der Waals surface area contributed by atoms with Crippen LogP contribution in [0.1, 0.15) is 62.9 Å². The third-order valence-electron chi connectivity index (χ3n) is 3.27. The summed E-state index contributed by atoms with van der Waals surface area (Å²) in [7, 11) is 0. The summed E-state index contributed by atoms with van der Waals surface area (Å²) in [5.74, 6) is 0. The van der Waals surface area contributed by atoms with Crippen LogP contribution in [0.4, 0.5) is 0 Å². The Morgan fingerprint density at radius 2 is 2.21 bits per heavy atom. The van der Waals surface area contributed by atoms with Crippen molar-refractivity contribution in [3.63, 3.8) is 0 Å². The van der Waals surface area contributed by atoms with Crippen LogP contribution in [0.3, 0.4) is 0 Å². The first-order valence-electron chi connectivity index (χ1n) is 7.07. The van der Waals surface area contributed by atoms with Gasteiger partial charge in [0.1, 0.15) is 5.01 Å². The van der Waals surface area contributed by atoms with Crippen LogP contribution in [-0.2, 0) is 6.42 Å². The largest absolute Gasteiger partial charge is 0.308 e. The summed E-state index contributed by atoms with van der Waals surface area (Å²) < 4.78 is 0. The quantitative estimate of drug-likeness (QED) is 0.730. The van der Waals surface area contributed by atoms with E-state index < -0.39 is 0 Å². The Bertz CT molecular complexity index is 417. The van der Waals surface area contributed by atoms with Crippen molar-refractivity contribution in [2.24, 2.45) is 5.41 Å². The Labute approximate surface area is 121 Å². The van der Waals surface area contributed by atoms with E-state index in [9.17, 15) is 0 Å². The van der Waals surface area contributed by atoms with Crippen LogP contribution in [0, 0.1) is 16.7 Å². The second kappa shape index (κ2) is 7.62. The van der Waals surface area contributed by atoms with Gasteiger partial charge in [0.25, 0.3) is 0 Å². The lowest BCUT2D eigenvalue weighted by Gasteiger charge is -2.15. The first-order valence-corrected chi connectivity index (χ1v) is 7.89. The number of unbranched alkanes of at least 4 members (excludes halogenated alkanes) is 1. The first-order chi connectivity index (χ1) is 8.98. The number of rotatable bonds is 8. The predicted octanol–water partition coefficient (Wildman–Crippen LogP) is 4.08. The van der Waals surface area contributed by atoms with Gasteiger partial charge in [0.2, 0.25) is 0 Å². The summed E-state index contributed by atoms with van der Waals surface area (Å²) in [6, 6.07) is 2.68. The maximum absolute atomic E-state index is 8.94. The van der Waals surface area contributed by atoms with Gasteiger partial charge in [-0.1, -0.05) is 13.3 Å². The van der Waals surface area contributed by atoms with E-state index in [-0.39, 0.29) is 5.41 Å². The van der Waals surface area contributed by atoms with Crippen LogP contribution in [-0.4, -0.2) is 11.5 Å². The maximum Gasteiger partial charge on any atom is 0.109 e. The van der Waals surface area contributed by atoms with Gasteiger partial charge in [-0.25, -0.2) is 4.98 Å². The molecule has 0 amide bonds. The van der Waals surface area contributed by atoms with Crippen LogP contribution in [0.25, 0.3) is 0 Å². The van der Waals surface area contributed by atoms with E-state index >= 15 is 0 Å². The topological polar surface area (TPSA) is 48.7 Å². The molecule has 0 saturated heterocycles. The van der Waals surface area contributed by atoms with E-state index in [1.807, 2.05) is 20.0 Å². The Hall–Kier alpha value is -0.920. The summed E-state index contributed by atoms with van der Waals surface area (Å²) in [5, 5.41) is 13.6. The third-order valence-corrected chi connectivity index (χ3v) is 4.60. The van der Waals surface area contributed by atoms with Crippen molar-refractivity contribution in [3.8, 4) is 6.07 Å². The van der Waals surface area contributed by atoms with Crippen molar-refractivity contribution < 1.29 is 0 Å². The lowest BCUT2D eigenvalue weighted by molar-refractivity contribution is 0.417. The van der Waals surface area contributed by atoms with Crippen LogP contribution in [0.15, 0.2) is 6.20 Å². The molecule has 1 rings (SSSR count). The first kappa shape index (κ1) is 16.1. The van der Waals surface area contributed by atoms with E-state index in [0.29, 0.717) is 6.04 Å². The van der Waals surface area contributed by atoms with E-state index in [1.165, 1.54) is 9.88 Å². The summed E-state index contributed by atoms with van der Waals surface area (Å²) in [5.41, 5.74) is -0.184. The van der Waals surface area contributed by atoms with Crippen LogP contribution < -0.4 is 5.32 Å². The minimum atomic E-state index is -0.184. The van der Waals surface area contributed by atoms with E-state index in [1.54, 1.807) is 11.3 Å². The SMILES string of the molecule is CCc1cnc(C(C)NCCCCC(C)(C)C#N)s1. The molecule has 1 aromatic heterocycles. The molecule has 0 radical (unpaired) electrons. The highest BCUT2D eigenvalue weighted by atomic mass is 32.1. The van der Waals surface area contributed by atoms with Crippen LogP contribution in [0.5, 0.6) is 0 Å². The Balaban J connectivity index is 2.21. The van der Waals surface area contributed by atoms with Crippen molar-refractivity contribution in [2.75, 3.05) is 6.54 Å². The molecule has 1 N–H and O–H groups in total. The fourth-order valence-electron chi connectivity index (χ4n) is 1.84. The van der Waals surface area contributed by atoms with Crippen molar-refractivity contribution >= 4 is 11.3 Å². The summed E-state index contributed by atoms with van der Waals surface area (Å²) in [6.45, 7) is 9.32. The second-order valence-electron chi connectivity index (χ2n) is 5.65. The molecule has 1 aromatic rings. The Morgan fingerprint density at radius 3 is 2.79 bits per heavy atom. The summed E-state index contributed by atoms with van der Waals surface area (Å²) >= 11 is 1.80. The molecule has 0 aliphatic carbocycles. The minimum absolute atomic E-state index is 0.184. The molecule has 3 nitrogen and oxygen atoms in total. The number of hydrogen-bond acceptors (Lipinski definition) is 4. The standard InChI is InChI=1S/C15H25N3S/c1-5-13-10-18-14(19-13)12(2)17-9-7-6-8-15(3,4)11-16/h10,12,17H,5-9H2,1-4H3. The normalized spacial score (nSPS) is 13.2. The molecule has 0 aromatic carbocycles. The van der Waals surface area contributed by atoms with Gasteiger partial charge in [-0.15, -0.1) is 11.3 Å². The van der Waals surface area contributed by atoms with E-state index in [2.05, 4.69) is 30.2 Å². The predicted molar refractivity (Wildman–Crippen MR) is 81.2 cm³/mol. The average molecular weight is 279 g/mol. The third kappa shape index (κ3) is 5.71. The molecule has 0 bridgehead atoms. The van der Waals surface area contributed by atoms with Gasteiger partial charge in [0, 0.05) is 11.1 Å². The fourth-order valence-corrected chi connectivity index (χ4v) is 2.72. The summed E-state index contributed by atoms with van der Waals surface area (Å²) in [6.07, 6.45) is 6.22. The highest BCUT2D eigenvalue weighted by molar-refractivity contribution is 7.11. The second-order valence-corrected chi connectivity index (χ2v) is 6.79. The number of aryl methyl sites for hydroxylation is 1. The molecular formula is C15H25N3S. The molecule has 1 heterocycles. The van der Waals surface area contributed by atoms with Crippen molar-refractivity contribution in [3.05, 3.63) is 16.1 Å². The molecule has 4 heteroatoms. The average Bonchev–Trinajstić information content (AvgIpc) is 2.87. The highest BCUT2D eigenvalue weighted by Gasteiger charge is 2.15. The van der Waals surface area contributed by atoms with Gasteiger partial charge in [-0.05, 0) is 46.6 Å². The molecule has 0 aliphatic rings. The van der Waals surface area contributed by atoms with Gasteiger partial charge in [-0.2, -0.15) is 5.26 Å². The number of nitrogens with one attached hydrogen (secondary N) is 1. The lowest BCUT2D eigenvalue weighted by Crippen LogP contribution is -2.20. The van der Waals surface area contributed by atoms with Crippen molar-refractivity contribution in [2.45, 2.75) is 59.4 Å². The smallest absolute Gasteiger partial charge is 0.109 e. The monoisotopic (exact) mass is 279 g/mol. The zero-order valence-corrected chi connectivity index (χ0v) is 13.3. The zero-order chi connectivity index (χ0) is 14.3. The number of aromatic nitrogens is 1. The zero-order valence-electron chi connectivity index (χ0n) is 12.5. The molecule has 0 spiro atoms. The molecule has 19 heavy (non-hydrogen) atoms. The van der Waals surface area contributed by atoms with Gasteiger partial charge in [0.15, 0.2) is 0 Å². The number of hydrogen-bond donors (Lipinski definition) is 1. The van der Waals surface area contributed by atoms with Crippen LogP contribution >= 0.6 is 11.3 Å². The van der Waals surface area contributed by atoms with Crippen molar-refractivity contribution in [1.82, 2.24) is 10.3 Å². The van der Waals surface area contributed by atoms with E-state index in [0.717, 1.165) is 32.2 Å². The Morgan fingerprint density at radius 1 is 1.47 bits per heavy atom. The molecule has 1 unspecified atom stereocenters. The number of nitriles is 1. The molecule has 0 fully saturated rings. The number of nitrogens with zero attached hydrogens (tertiary/aromatic N) is 2. The van der Waals surface area contributed by atoms with Crippen LogP contribution in [0.2, 0.25) is 0 Å². The minimum Gasteiger partial charge on any atom is -0.308 e. The molecule has 0 saturated carbocycles. The van der Waals surface area contributed by atoms with Gasteiger partial charge in [0.05, 0.1) is 17.5 Å². The molecule has 1 atom stereocenters. The van der Waals surface area contributed by atoms with Gasteiger partial charge in [-0.3, -0.25) is 0 Å². The molecular weight excluding hydrogens is 254 g/mol. The maximum atomic E-state index is 8.94. The number of thiazole rings is 1. The summed E-state index contributed by atoms with van der Waals surface area (Å²) in [4.78, 5) is 5.80. The van der Waals surface area contributed by atoms with Gasteiger partial charge >= 0.3 is 0 Å². The van der Waals surface area contributed by atoms with Crippen molar-refractivity contribution in [1.29, 1.82) is 5.26 Å². The molecule has 106 valence electrons. The fraction of sp³-hybridized carbons (Fsp3) is 0.733.